The molecule has 0 saturated heterocycles. The number of aromatic nitrogens is 2. The van der Waals surface area contributed by atoms with Gasteiger partial charge in [-0.3, -0.25) is 0 Å². The number of nitrogens with zero attached hydrogens (tertiary/aromatic N) is 2. The summed E-state index contributed by atoms with van der Waals surface area (Å²) in [4.78, 5) is 4.19. The zero-order valence-corrected chi connectivity index (χ0v) is 18.6. The largest absolute Gasteiger partial charge is 0.372 e. The van der Waals surface area contributed by atoms with Gasteiger partial charge in [0.1, 0.15) is 6.10 Å². The van der Waals surface area contributed by atoms with Crippen molar-refractivity contribution in [2.75, 3.05) is 6.61 Å². The number of imidazole rings is 1. The summed E-state index contributed by atoms with van der Waals surface area (Å²) in [7, 11) is 0. The topological polar surface area (TPSA) is 27.1 Å². The van der Waals surface area contributed by atoms with Crippen molar-refractivity contribution in [2.24, 2.45) is 0 Å². The van der Waals surface area contributed by atoms with E-state index in [0.29, 0.717) is 0 Å². The Morgan fingerprint density at radius 1 is 0.833 bits per heavy atom. The van der Waals surface area contributed by atoms with Crippen LogP contribution >= 0.6 is 0 Å². The highest BCUT2D eigenvalue weighted by atomic mass is 16.5. The first-order chi connectivity index (χ1) is 14.9. The van der Waals surface area contributed by atoms with E-state index < -0.39 is 0 Å². The molecule has 2 aromatic carbocycles. The van der Waals surface area contributed by atoms with E-state index in [1.165, 1.54) is 74.1 Å². The molecule has 0 aliphatic rings. The van der Waals surface area contributed by atoms with Crippen molar-refractivity contribution in [3.05, 3.63) is 66.7 Å². The molecule has 0 fully saturated rings. The van der Waals surface area contributed by atoms with Crippen LogP contribution in [0.15, 0.2) is 61.2 Å². The van der Waals surface area contributed by atoms with Gasteiger partial charge in [-0.15, -0.1) is 0 Å². The Balaban J connectivity index is 1.43. The molecule has 0 saturated carbocycles. The van der Waals surface area contributed by atoms with Crippen molar-refractivity contribution in [3.63, 3.8) is 0 Å². The number of ether oxygens (including phenoxy) is 1. The predicted octanol–water partition coefficient (Wildman–Crippen LogP) is 7.72. The molecule has 1 heterocycles. The first kappa shape index (κ1) is 22.6. The number of fused-ring (bicyclic) bond motifs is 1. The first-order valence-electron chi connectivity index (χ1n) is 11.9. The molecule has 0 bridgehead atoms. The lowest BCUT2D eigenvalue weighted by Gasteiger charge is -2.19. The van der Waals surface area contributed by atoms with E-state index >= 15 is 0 Å². The molecule has 3 aromatic rings. The first-order valence-corrected chi connectivity index (χ1v) is 11.9. The summed E-state index contributed by atoms with van der Waals surface area (Å²) in [5.41, 5.74) is 1.24. The van der Waals surface area contributed by atoms with Crippen LogP contribution < -0.4 is 0 Å². The maximum absolute atomic E-state index is 6.37. The van der Waals surface area contributed by atoms with Gasteiger partial charge in [0.05, 0.1) is 12.9 Å². The van der Waals surface area contributed by atoms with Gasteiger partial charge in [0.15, 0.2) is 0 Å². The van der Waals surface area contributed by atoms with E-state index in [-0.39, 0.29) is 6.10 Å². The van der Waals surface area contributed by atoms with Gasteiger partial charge < -0.3 is 9.30 Å². The smallest absolute Gasteiger partial charge is 0.100 e. The summed E-state index contributed by atoms with van der Waals surface area (Å²) < 4.78 is 8.48. The van der Waals surface area contributed by atoms with Gasteiger partial charge in [0.25, 0.3) is 0 Å². The monoisotopic (exact) mass is 406 g/mol. The lowest BCUT2D eigenvalue weighted by Crippen LogP contribution is -2.13. The molecule has 0 amide bonds. The molecule has 3 heteroatoms. The Bertz CT molecular complexity index is 828. The highest BCUT2D eigenvalue weighted by molar-refractivity contribution is 5.83. The Hall–Kier alpha value is -2.13. The molecule has 3 nitrogen and oxygen atoms in total. The van der Waals surface area contributed by atoms with Crippen LogP contribution in [0.5, 0.6) is 0 Å². The minimum Gasteiger partial charge on any atom is -0.372 e. The average Bonchev–Trinajstić information content (AvgIpc) is 3.29. The van der Waals surface area contributed by atoms with Gasteiger partial charge in [-0.25, -0.2) is 4.98 Å². The summed E-state index contributed by atoms with van der Waals surface area (Å²) in [5, 5.41) is 2.55. The van der Waals surface area contributed by atoms with Crippen LogP contribution in [-0.2, 0) is 11.3 Å². The molecule has 0 radical (unpaired) electrons. The third kappa shape index (κ3) is 7.60. The summed E-state index contributed by atoms with van der Waals surface area (Å²) in [6, 6.07) is 15.2. The van der Waals surface area contributed by atoms with Crippen LogP contribution in [0.2, 0.25) is 0 Å². The van der Waals surface area contributed by atoms with Gasteiger partial charge in [0.2, 0.25) is 0 Å². The van der Waals surface area contributed by atoms with Crippen molar-refractivity contribution in [2.45, 2.75) is 83.8 Å². The molecular weight excluding hydrogens is 368 g/mol. The van der Waals surface area contributed by atoms with E-state index in [4.69, 9.17) is 4.74 Å². The van der Waals surface area contributed by atoms with Crippen molar-refractivity contribution in [3.8, 4) is 0 Å². The fourth-order valence-electron chi connectivity index (χ4n) is 4.06. The third-order valence-electron chi connectivity index (χ3n) is 5.90. The van der Waals surface area contributed by atoms with Crippen LogP contribution in [0.1, 0.15) is 82.8 Å². The van der Waals surface area contributed by atoms with E-state index in [9.17, 15) is 0 Å². The van der Waals surface area contributed by atoms with Gasteiger partial charge >= 0.3 is 0 Å². The highest BCUT2D eigenvalue weighted by Gasteiger charge is 2.13. The van der Waals surface area contributed by atoms with Crippen molar-refractivity contribution < 1.29 is 4.74 Å². The Morgan fingerprint density at radius 3 is 2.23 bits per heavy atom. The summed E-state index contributed by atoms with van der Waals surface area (Å²) in [6.07, 6.45) is 19.3. The summed E-state index contributed by atoms with van der Waals surface area (Å²) >= 11 is 0. The molecule has 1 aromatic heterocycles. The highest BCUT2D eigenvalue weighted by Crippen LogP contribution is 2.25. The summed E-state index contributed by atoms with van der Waals surface area (Å²) in [5.74, 6) is 0. The molecule has 3 rings (SSSR count). The van der Waals surface area contributed by atoms with Crippen LogP contribution in [0, 0.1) is 0 Å². The number of benzene rings is 2. The molecule has 0 aliphatic carbocycles. The molecule has 162 valence electrons. The van der Waals surface area contributed by atoms with Gasteiger partial charge in [-0.2, -0.15) is 0 Å². The predicted molar refractivity (Wildman–Crippen MR) is 127 cm³/mol. The summed E-state index contributed by atoms with van der Waals surface area (Å²) in [6.45, 7) is 3.90. The average molecular weight is 407 g/mol. The second kappa shape index (κ2) is 13.2. The second-order valence-corrected chi connectivity index (χ2v) is 8.41. The molecule has 1 atom stereocenters. The van der Waals surface area contributed by atoms with Gasteiger partial charge in [0, 0.05) is 19.0 Å². The maximum atomic E-state index is 6.37. The van der Waals surface area contributed by atoms with Gasteiger partial charge in [-0.05, 0) is 28.8 Å². The quantitative estimate of drug-likeness (QED) is 0.242. The molecule has 30 heavy (non-hydrogen) atoms. The number of hydrogen-bond acceptors (Lipinski definition) is 2. The molecule has 1 unspecified atom stereocenters. The van der Waals surface area contributed by atoms with Crippen LogP contribution in [-0.4, -0.2) is 16.2 Å². The Labute approximate surface area is 182 Å². The number of rotatable bonds is 15. The zero-order valence-electron chi connectivity index (χ0n) is 18.6. The van der Waals surface area contributed by atoms with Crippen molar-refractivity contribution in [1.82, 2.24) is 9.55 Å². The van der Waals surface area contributed by atoms with Crippen molar-refractivity contribution >= 4 is 10.8 Å². The maximum Gasteiger partial charge on any atom is 0.100 e. The molecule has 0 aliphatic heterocycles. The van der Waals surface area contributed by atoms with Crippen LogP contribution in [0.25, 0.3) is 10.8 Å². The van der Waals surface area contributed by atoms with Crippen LogP contribution in [0.4, 0.5) is 0 Å². The Morgan fingerprint density at radius 2 is 1.53 bits per heavy atom. The Kier molecular flexibility index (Phi) is 9.94. The third-order valence-corrected chi connectivity index (χ3v) is 5.90. The molecule has 0 spiro atoms. The molecular formula is C27H38N2O. The zero-order chi connectivity index (χ0) is 20.9. The minimum atomic E-state index is 0.0578. The normalized spacial score (nSPS) is 12.4. The fraction of sp³-hybridized carbons (Fsp3) is 0.519. The fourth-order valence-corrected chi connectivity index (χ4v) is 4.06. The van der Waals surface area contributed by atoms with E-state index in [0.717, 1.165) is 19.6 Å². The second-order valence-electron chi connectivity index (χ2n) is 8.41. The van der Waals surface area contributed by atoms with E-state index in [1.54, 1.807) is 0 Å². The van der Waals surface area contributed by atoms with E-state index in [2.05, 4.69) is 58.9 Å². The SMILES string of the molecule is CCCCCCCCCCCCOC(Cn1ccnc1)c1ccc2ccccc2c1. The van der Waals surface area contributed by atoms with Gasteiger partial charge in [-0.1, -0.05) is 101 Å². The lowest BCUT2D eigenvalue weighted by molar-refractivity contribution is 0.0380. The number of hydrogen-bond donors (Lipinski definition) is 0. The number of unbranched alkanes of at least 4 members (excludes halogenated alkanes) is 9. The van der Waals surface area contributed by atoms with Crippen molar-refractivity contribution in [1.29, 1.82) is 0 Å². The lowest BCUT2D eigenvalue weighted by atomic mass is 10.0. The standard InChI is InChI=1S/C27H38N2O/c1-2-3-4-5-6-7-8-9-10-13-20-30-27(22-29-19-18-28-23-29)26-17-16-24-14-11-12-15-25(24)21-26/h11-12,14-19,21,23,27H,2-10,13,20,22H2,1H3. The molecule has 0 N–H and O–H groups in total. The minimum absolute atomic E-state index is 0.0578. The van der Waals surface area contributed by atoms with Crippen LogP contribution in [0.3, 0.4) is 0 Å². The van der Waals surface area contributed by atoms with E-state index in [1.807, 2.05) is 18.7 Å².